The van der Waals surface area contributed by atoms with Crippen LogP contribution in [-0.4, -0.2) is 8.07 Å². The van der Waals surface area contributed by atoms with Crippen molar-refractivity contribution in [1.29, 1.82) is 0 Å². The smallest absolute Gasteiger partial charge is 0.0927 e. The van der Waals surface area contributed by atoms with Crippen molar-refractivity contribution < 1.29 is 0 Å². The summed E-state index contributed by atoms with van der Waals surface area (Å²) in [5.74, 6) is 7.05. The third kappa shape index (κ3) is 6.48. The topological polar surface area (TPSA) is 0 Å². The molecular weight excluding hydrogens is 244 g/mol. The fraction of sp³-hybridized carbons (Fsp3) is 0.778. The minimum absolute atomic E-state index is 0.0896. The van der Waals surface area contributed by atoms with Crippen molar-refractivity contribution in [2.45, 2.75) is 80.4 Å². The van der Waals surface area contributed by atoms with Crippen LogP contribution >= 0.6 is 0 Å². The van der Waals surface area contributed by atoms with Gasteiger partial charge in [0.15, 0.2) is 0 Å². The highest BCUT2D eigenvalue weighted by molar-refractivity contribution is 6.87. The first-order valence-electron chi connectivity index (χ1n) is 7.76. The van der Waals surface area contributed by atoms with Crippen molar-refractivity contribution in [3.63, 3.8) is 0 Å². The fourth-order valence-electron chi connectivity index (χ4n) is 2.33. The second-order valence-electron chi connectivity index (χ2n) is 7.77. The maximum absolute atomic E-state index is 3.58. The molecule has 0 aliphatic carbocycles. The average molecular weight is 279 g/mol. The zero-order chi connectivity index (χ0) is 15.3. The van der Waals surface area contributed by atoms with E-state index < -0.39 is 8.07 Å². The molecule has 0 rings (SSSR count). The summed E-state index contributed by atoms with van der Waals surface area (Å²) in [6, 6.07) is 3.92. The number of hydrogen-bond acceptors (Lipinski definition) is 0. The van der Waals surface area contributed by atoms with Crippen molar-refractivity contribution in [2.75, 3.05) is 0 Å². The van der Waals surface area contributed by atoms with Gasteiger partial charge in [0.05, 0.1) is 8.07 Å². The first-order chi connectivity index (χ1) is 8.49. The van der Waals surface area contributed by atoms with Gasteiger partial charge in [-0.1, -0.05) is 77.6 Å². The molecular formula is C18H34Si. The maximum atomic E-state index is 3.58. The summed E-state index contributed by atoms with van der Waals surface area (Å²) in [6.45, 7) is 20.5. The molecule has 0 unspecified atom stereocenters. The van der Waals surface area contributed by atoms with E-state index in [9.17, 15) is 0 Å². The fourth-order valence-corrected chi connectivity index (χ4v) is 6.04. The Morgan fingerprint density at radius 2 is 1.32 bits per heavy atom. The van der Waals surface area contributed by atoms with Crippen LogP contribution in [0.4, 0.5) is 0 Å². The Morgan fingerprint density at radius 3 is 1.58 bits per heavy atom. The molecule has 0 aromatic heterocycles. The molecule has 0 saturated carbocycles. The molecule has 0 spiro atoms. The van der Waals surface area contributed by atoms with Crippen molar-refractivity contribution >= 4 is 8.07 Å². The summed E-state index contributed by atoms with van der Waals surface area (Å²) in [4.78, 5) is 0. The van der Waals surface area contributed by atoms with Crippen LogP contribution in [-0.2, 0) is 0 Å². The van der Waals surface area contributed by atoms with Gasteiger partial charge >= 0.3 is 0 Å². The lowest BCUT2D eigenvalue weighted by Gasteiger charge is -2.30. The van der Waals surface area contributed by atoms with E-state index in [1.807, 2.05) is 0 Å². The van der Waals surface area contributed by atoms with Crippen LogP contribution in [0.3, 0.4) is 0 Å². The quantitative estimate of drug-likeness (QED) is 0.433. The Morgan fingerprint density at radius 1 is 0.895 bits per heavy atom. The standard InChI is InChI=1S/C18H34Si/c1-10-19(11-2,12-3)16(15-18(7,8)9)13-14-17(4,5)6/h15H,10-12H2,1-9H3/b16-15+. The van der Waals surface area contributed by atoms with E-state index in [1.54, 1.807) is 0 Å². The third-order valence-corrected chi connectivity index (χ3v) is 9.22. The normalized spacial score (nSPS) is 14.1. The summed E-state index contributed by atoms with van der Waals surface area (Å²) in [5.41, 5.74) is 0.312. The second kappa shape index (κ2) is 6.80. The van der Waals surface area contributed by atoms with Crippen LogP contribution in [0.15, 0.2) is 11.3 Å². The van der Waals surface area contributed by atoms with E-state index in [0.717, 1.165) is 0 Å². The lowest BCUT2D eigenvalue weighted by atomic mass is 9.95. The van der Waals surface area contributed by atoms with E-state index in [4.69, 9.17) is 0 Å². The summed E-state index contributed by atoms with van der Waals surface area (Å²) in [7, 11) is -1.37. The Kier molecular flexibility index (Phi) is 6.62. The summed E-state index contributed by atoms with van der Waals surface area (Å²) < 4.78 is 0. The van der Waals surface area contributed by atoms with Crippen molar-refractivity contribution in [3.8, 4) is 11.8 Å². The van der Waals surface area contributed by atoms with E-state index in [-0.39, 0.29) is 10.8 Å². The molecule has 0 aromatic rings. The zero-order valence-corrected chi connectivity index (χ0v) is 15.7. The number of allylic oxidation sites excluding steroid dienone is 2. The molecule has 0 aliphatic rings. The van der Waals surface area contributed by atoms with Crippen molar-refractivity contribution in [1.82, 2.24) is 0 Å². The molecule has 0 aromatic carbocycles. The van der Waals surface area contributed by atoms with Gasteiger partial charge in [0.25, 0.3) is 0 Å². The molecule has 19 heavy (non-hydrogen) atoms. The molecule has 0 fully saturated rings. The third-order valence-electron chi connectivity index (χ3n) is 3.75. The van der Waals surface area contributed by atoms with Crippen molar-refractivity contribution in [3.05, 3.63) is 11.3 Å². The molecule has 110 valence electrons. The highest BCUT2D eigenvalue weighted by atomic mass is 28.3. The minimum atomic E-state index is -1.37. The molecule has 1 heteroatoms. The van der Waals surface area contributed by atoms with Gasteiger partial charge in [-0.05, 0) is 31.4 Å². The van der Waals surface area contributed by atoms with Gasteiger partial charge in [-0.2, -0.15) is 0 Å². The Labute approximate surface area is 123 Å². The predicted molar refractivity (Wildman–Crippen MR) is 92.0 cm³/mol. The summed E-state index contributed by atoms with van der Waals surface area (Å²) in [6.07, 6.45) is 2.45. The molecule has 0 heterocycles. The molecule has 0 bridgehead atoms. The molecule has 0 saturated heterocycles. The number of rotatable bonds is 4. The van der Waals surface area contributed by atoms with Crippen LogP contribution in [0.5, 0.6) is 0 Å². The highest BCUT2D eigenvalue weighted by Crippen LogP contribution is 2.32. The SMILES string of the molecule is CC[Si](CC)(CC)/C(C#CC(C)(C)C)=C/C(C)(C)C. The largest absolute Gasteiger partial charge is 0.0963 e. The average Bonchev–Trinajstić information content (AvgIpc) is 2.26. The zero-order valence-electron chi connectivity index (χ0n) is 14.7. The summed E-state index contributed by atoms with van der Waals surface area (Å²) >= 11 is 0. The van der Waals surface area contributed by atoms with Gasteiger partial charge in [-0.3, -0.25) is 0 Å². The molecule has 0 radical (unpaired) electrons. The van der Waals surface area contributed by atoms with Gasteiger partial charge in [0, 0.05) is 5.41 Å². The van der Waals surface area contributed by atoms with E-state index in [1.165, 1.54) is 23.3 Å². The lowest BCUT2D eigenvalue weighted by molar-refractivity contribution is 0.542. The Bertz CT molecular complexity index is 351. The van der Waals surface area contributed by atoms with Crippen LogP contribution in [0, 0.1) is 22.7 Å². The summed E-state index contributed by atoms with van der Waals surface area (Å²) in [5, 5.41) is 1.49. The van der Waals surface area contributed by atoms with Crippen LogP contribution in [0.2, 0.25) is 18.1 Å². The molecule has 0 nitrogen and oxygen atoms in total. The van der Waals surface area contributed by atoms with E-state index in [2.05, 4.69) is 80.2 Å². The first-order valence-corrected chi connectivity index (χ1v) is 10.4. The molecule has 0 aliphatic heterocycles. The molecule has 0 amide bonds. The Hall–Kier alpha value is -0.483. The van der Waals surface area contributed by atoms with Gasteiger partial charge in [0.2, 0.25) is 0 Å². The monoisotopic (exact) mass is 278 g/mol. The van der Waals surface area contributed by atoms with Crippen LogP contribution in [0.25, 0.3) is 0 Å². The number of hydrogen-bond donors (Lipinski definition) is 0. The lowest BCUT2D eigenvalue weighted by Crippen LogP contribution is -2.35. The predicted octanol–water partition coefficient (Wildman–Crippen LogP) is 6.06. The van der Waals surface area contributed by atoms with Crippen LogP contribution in [0.1, 0.15) is 62.3 Å². The minimum Gasteiger partial charge on any atom is -0.0927 e. The molecule has 0 N–H and O–H groups in total. The van der Waals surface area contributed by atoms with Gasteiger partial charge in [-0.15, -0.1) is 0 Å². The van der Waals surface area contributed by atoms with Gasteiger partial charge < -0.3 is 0 Å². The highest BCUT2D eigenvalue weighted by Gasteiger charge is 2.31. The van der Waals surface area contributed by atoms with Gasteiger partial charge in [0.1, 0.15) is 0 Å². The first kappa shape index (κ1) is 18.5. The molecule has 0 atom stereocenters. The van der Waals surface area contributed by atoms with Crippen LogP contribution < -0.4 is 0 Å². The van der Waals surface area contributed by atoms with E-state index >= 15 is 0 Å². The van der Waals surface area contributed by atoms with E-state index in [0.29, 0.717) is 0 Å². The van der Waals surface area contributed by atoms with Crippen molar-refractivity contribution in [2.24, 2.45) is 10.8 Å². The Balaban J connectivity index is 5.78. The second-order valence-corrected chi connectivity index (χ2v) is 13.0. The van der Waals surface area contributed by atoms with Gasteiger partial charge in [-0.25, -0.2) is 0 Å². The maximum Gasteiger partial charge on any atom is 0.0963 e.